The van der Waals surface area contributed by atoms with Crippen molar-refractivity contribution >= 4 is 23.4 Å². The van der Waals surface area contributed by atoms with Gasteiger partial charge in [-0.25, -0.2) is 0 Å². The van der Waals surface area contributed by atoms with Crippen LogP contribution in [0.3, 0.4) is 0 Å². The lowest BCUT2D eigenvalue weighted by Gasteiger charge is -2.37. The van der Waals surface area contributed by atoms with E-state index in [4.69, 9.17) is 0 Å². The molecule has 2 heterocycles. The van der Waals surface area contributed by atoms with Gasteiger partial charge in [0.15, 0.2) is 11.0 Å². The first-order valence-electron chi connectivity index (χ1n) is 12.3. The summed E-state index contributed by atoms with van der Waals surface area (Å²) in [4.78, 5) is 17.7. The Balaban J connectivity index is 1.36. The number of hydrogen-bond donors (Lipinski definition) is 0. The Kier molecular flexibility index (Phi) is 7.09. The van der Waals surface area contributed by atoms with Gasteiger partial charge in [0, 0.05) is 37.4 Å². The molecule has 1 aliphatic heterocycles. The minimum Gasteiger partial charge on any atom is -0.368 e. The standard InChI is InChI=1S/C29H31N5OS/c1-21-14-15-26(20-22(21)2)34-27(24-10-6-4-7-11-24)30-31-29(34)36-23(3)28(35)33-18-16-32(17-19-33)25-12-8-5-9-13-25/h4-15,20,23H,16-19H2,1-3H3. The lowest BCUT2D eigenvalue weighted by atomic mass is 10.1. The maximum absolute atomic E-state index is 13.4. The molecule has 1 saturated heterocycles. The van der Waals surface area contributed by atoms with Crippen molar-refractivity contribution in [3.8, 4) is 17.1 Å². The van der Waals surface area contributed by atoms with Gasteiger partial charge in [0.25, 0.3) is 0 Å². The number of hydrogen-bond acceptors (Lipinski definition) is 5. The molecule has 6 nitrogen and oxygen atoms in total. The summed E-state index contributed by atoms with van der Waals surface area (Å²) in [5, 5.41) is 9.53. The molecule has 1 aromatic heterocycles. The van der Waals surface area contributed by atoms with Crippen LogP contribution in [0.15, 0.2) is 84.0 Å². The maximum atomic E-state index is 13.4. The zero-order chi connectivity index (χ0) is 25.1. The normalized spacial score (nSPS) is 14.6. The van der Waals surface area contributed by atoms with Crippen LogP contribution in [-0.4, -0.2) is 57.0 Å². The predicted molar refractivity (Wildman–Crippen MR) is 147 cm³/mol. The third-order valence-electron chi connectivity index (χ3n) is 6.76. The van der Waals surface area contributed by atoms with E-state index in [1.54, 1.807) is 0 Å². The highest BCUT2D eigenvalue weighted by Gasteiger charge is 2.28. The molecule has 7 heteroatoms. The predicted octanol–water partition coefficient (Wildman–Crippen LogP) is 5.38. The second-order valence-electron chi connectivity index (χ2n) is 9.18. The fourth-order valence-electron chi connectivity index (χ4n) is 4.51. The minimum atomic E-state index is -0.272. The van der Waals surface area contributed by atoms with Gasteiger partial charge in [-0.2, -0.15) is 0 Å². The number of carbonyl (C=O) groups is 1. The van der Waals surface area contributed by atoms with Crippen molar-refractivity contribution in [2.75, 3.05) is 31.1 Å². The smallest absolute Gasteiger partial charge is 0.236 e. The number of anilines is 1. The van der Waals surface area contributed by atoms with E-state index in [2.05, 4.69) is 76.0 Å². The highest BCUT2D eigenvalue weighted by Crippen LogP contribution is 2.31. The Labute approximate surface area is 217 Å². The van der Waals surface area contributed by atoms with E-state index < -0.39 is 0 Å². The fraction of sp³-hybridized carbons (Fsp3) is 0.276. The van der Waals surface area contributed by atoms with Crippen LogP contribution in [-0.2, 0) is 4.79 Å². The SMILES string of the molecule is Cc1ccc(-n2c(SC(C)C(=O)N3CCN(c4ccccc4)CC3)nnc2-c2ccccc2)cc1C. The number of amides is 1. The molecule has 0 saturated carbocycles. The highest BCUT2D eigenvalue weighted by molar-refractivity contribution is 8.00. The number of aromatic nitrogens is 3. The molecule has 5 rings (SSSR count). The molecule has 1 fully saturated rings. The van der Waals surface area contributed by atoms with E-state index in [1.165, 1.54) is 28.6 Å². The third-order valence-corrected chi connectivity index (χ3v) is 7.79. The molecule has 0 bridgehead atoms. The van der Waals surface area contributed by atoms with Gasteiger partial charge in [-0.1, -0.05) is 66.4 Å². The zero-order valence-corrected chi connectivity index (χ0v) is 21.8. The Morgan fingerprint density at radius 1 is 0.806 bits per heavy atom. The van der Waals surface area contributed by atoms with Gasteiger partial charge in [-0.3, -0.25) is 9.36 Å². The number of para-hydroxylation sites is 1. The molecular formula is C29H31N5OS. The van der Waals surface area contributed by atoms with Crippen LogP contribution in [0.5, 0.6) is 0 Å². The number of carbonyl (C=O) groups excluding carboxylic acids is 1. The second kappa shape index (κ2) is 10.6. The lowest BCUT2D eigenvalue weighted by molar-refractivity contribution is -0.130. The Hall–Kier alpha value is -3.58. The summed E-state index contributed by atoms with van der Waals surface area (Å²) in [7, 11) is 0. The number of benzene rings is 3. The largest absolute Gasteiger partial charge is 0.368 e. The summed E-state index contributed by atoms with van der Waals surface area (Å²) in [5.41, 5.74) is 5.64. The Morgan fingerprint density at radius 3 is 2.14 bits per heavy atom. The first-order chi connectivity index (χ1) is 17.5. The monoisotopic (exact) mass is 497 g/mol. The highest BCUT2D eigenvalue weighted by atomic mass is 32.2. The summed E-state index contributed by atoms with van der Waals surface area (Å²) in [6.07, 6.45) is 0. The maximum Gasteiger partial charge on any atom is 0.236 e. The molecule has 0 N–H and O–H groups in total. The van der Waals surface area contributed by atoms with Crippen molar-refractivity contribution in [1.29, 1.82) is 0 Å². The molecule has 36 heavy (non-hydrogen) atoms. The van der Waals surface area contributed by atoms with Crippen molar-refractivity contribution in [2.24, 2.45) is 0 Å². The van der Waals surface area contributed by atoms with Crippen LogP contribution < -0.4 is 4.90 Å². The first kappa shape index (κ1) is 24.1. The fourth-order valence-corrected chi connectivity index (χ4v) is 5.46. The summed E-state index contributed by atoms with van der Waals surface area (Å²) < 4.78 is 2.07. The molecule has 0 radical (unpaired) electrons. The topological polar surface area (TPSA) is 54.3 Å². The van der Waals surface area contributed by atoms with Gasteiger partial charge in [0.05, 0.1) is 10.9 Å². The zero-order valence-electron chi connectivity index (χ0n) is 21.0. The second-order valence-corrected chi connectivity index (χ2v) is 10.5. The van der Waals surface area contributed by atoms with Gasteiger partial charge in [-0.05, 0) is 56.2 Å². The van der Waals surface area contributed by atoms with E-state index in [1.807, 2.05) is 48.2 Å². The van der Waals surface area contributed by atoms with Crippen molar-refractivity contribution < 1.29 is 4.79 Å². The number of nitrogens with zero attached hydrogens (tertiary/aromatic N) is 5. The van der Waals surface area contributed by atoms with Crippen LogP contribution in [0.25, 0.3) is 17.1 Å². The van der Waals surface area contributed by atoms with Crippen LogP contribution >= 0.6 is 11.8 Å². The molecule has 0 spiro atoms. The van der Waals surface area contributed by atoms with Crippen molar-refractivity contribution in [2.45, 2.75) is 31.2 Å². The quantitative estimate of drug-likeness (QED) is 0.335. The molecule has 0 aliphatic carbocycles. The average Bonchev–Trinajstić information content (AvgIpc) is 3.34. The molecule has 1 unspecified atom stereocenters. The molecule has 4 aromatic rings. The Bertz CT molecular complexity index is 1330. The molecule has 3 aromatic carbocycles. The van der Waals surface area contributed by atoms with Crippen LogP contribution in [0.2, 0.25) is 0 Å². The lowest BCUT2D eigenvalue weighted by Crippen LogP contribution is -2.50. The number of piperazine rings is 1. The minimum absolute atomic E-state index is 0.142. The number of rotatable bonds is 6. The average molecular weight is 498 g/mol. The van der Waals surface area contributed by atoms with E-state index in [-0.39, 0.29) is 11.2 Å². The summed E-state index contributed by atoms with van der Waals surface area (Å²) in [6.45, 7) is 9.30. The summed E-state index contributed by atoms with van der Waals surface area (Å²) in [5.74, 6) is 0.918. The van der Waals surface area contributed by atoms with Gasteiger partial charge >= 0.3 is 0 Å². The van der Waals surface area contributed by atoms with Gasteiger partial charge in [0.1, 0.15) is 0 Å². The van der Waals surface area contributed by atoms with Gasteiger partial charge in [0.2, 0.25) is 5.91 Å². The van der Waals surface area contributed by atoms with Gasteiger partial charge in [-0.15, -0.1) is 10.2 Å². The third kappa shape index (κ3) is 5.02. The van der Waals surface area contributed by atoms with Crippen LogP contribution in [0.1, 0.15) is 18.1 Å². The molecular weight excluding hydrogens is 466 g/mol. The van der Waals surface area contributed by atoms with Crippen molar-refractivity contribution in [1.82, 2.24) is 19.7 Å². The van der Waals surface area contributed by atoms with Crippen LogP contribution in [0, 0.1) is 13.8 Å². The first-order valence-corrected chi connectivity index (χ1v) is 13.2. The van der Waals surface area contributed by atoms with E-state index in [0.29, 0.717) is 0 Å². The van der Waals surface area contributed by atoms with E-state index in [9.17, 15) is 4.79 Å². The Morgan fingerprint density at radius 2 is 1.47 bits per heavy atom. The van der Waals surface area contributed by atoms with Crippen molar-refractivity contribution in [3.05, 3.63) is 90.0 Å². The summed E-state index contributed by atoms with van der Waals surface area (Å²) >= 11 is 1.47. The van der Waals surface area contributed by atoms with Gasteiger partial charge < -0.3 is 9.80 Å². The summed E-state index contributed by atoms with van der Waals surface area (Å²) in [6, 6.07) is 26.8. The number of thioether (sulfide) groups is 1. The van der Waals surface area contributed by atoms with E-state index in [0.717, 1.165) is 48.4 Å². The molecule has 1 aliphatic rings. The van der Waals surface area contributed by atoms with Crippen molar-refractivity contribution in [3.63, 3.8) is 0 Å². The van der Waals surface area contributed by atoms with Crippen LogP contribution in [0.4, 0.5) is 5.69 Å². The molecule has 1 amide bonds. The molecule has 184 valence electrons. The van der Waals surface area contributed by atoms with E-state index >= 15 is 0 Å². The molecule has 1 atom stereocenters. The number of aryl methyl sites for hydroxylation is 2.